The summed E-state index contributed by atoms with van der Waals surface area (Å²) in [5, 5.41) is 4.72. The SMILES string of the molecule is Cc1ccc2cccc(OCC(C)(C)CNC3CC3)c2n1. The number of aryl methyl sites for hydroxylation is 1. The average molecular weight is 284 g/mol. The number of rotatable bonds is 6. The predicted molar refractivity (Wildman–Crippen MR) is 86.8 cm³/mol. The minimum absolute atomic E-state index is 0.120. The second kappa shape index (κ2) is 5.64. The van der Waals surface area contributed by atoms with Crippen LogP contribution in [0.25, 0.3) is 10.9 Å². The number of hydrogen-bond acceptors (Lipinski definition) is 3. The molecular weight excluding hydrogens is 260 g/mol. The van der Waals surface area contributed by atoms with Crippen LogP contribution in [0, 0.1) is 12.3 Å². The van der Waals surface area contributed by atoms with E-state index in [4.69, 9.17) is 4.74 Å². The smallest absolute Gasteiger partial charge is 0.145 e. The van der Waals surface area contributed by atoms with Crippen molar-refractivity contribution in [3.8, 4) is 5.75 Å². The van der Waals surface area contributed by atoms with Gasteiger partial charge in [0.2, 0.25) is 0 Å². The van der Waals surface area contributed by atoms with Gasteiger partial charge in [-0.3, -0.25) is 0 Å². The van der Waals surface area contributed by atoms with Crippen molar-refractivity contribution in [2.45, 2.75) is 39.7 Å². The van der Waals surface area contributed by atoms with Crippen LogP contribution in [0.5, 0.6) is 5.75 Å². The van der Waals surface area contributed by atoms with E-state index in [0.717, 1.165) is 34.9 Å². The van der Waals surface area contributed by atoms with Crippen molar-refractivity contribution in [1.82, 2.24) is 10.3 Å². The third-order valence-corrected chi connectivity index (χ3v) is 3.89. The zero-order valence-electron chi connectivity index (χ0n) is 13.1. The fourth-order valence-electron chi connectivity index (χ4n) is 2.37. The minimum Gasteiger partial charge on any atom is -0.491 e. The number of nitrogens with zero attached hydrogens (tertiary/aromatic N) is 1. The van der Waals surface area contributed by atoms with Crippen molar-refractivity contribution < 1.29 is 4.74 Å². The lowest BCUT2D eigenvalue weighted by Gasteiger charge is -2.25. The van der Waals surface area contributed by atoms with E-state index in [2.05, 4.69) is 36.3 Å². The standard InChI is InChI=1S/C18H24N2O/c1-13-7-8-14-5-4-6-16(17(14)20-13)21-12-18(2,3)11-19-15-9-10-15/h4-8,15,19H,9-12H2,1-3H3. The van der Waals surface area contributed by atoms with Gasteiger partial charge in [0.25, 0.3) is 0 Å². The Kier molecular flexibility index (Phi) is 3.85. The Morgan fingerprint density at radius 3 is 2.81 bits per heavy atom. The maximum atomic E-state index is 6.09. The topological polar surface area (TPSA) is 34.1 Å². The summed E-state index contributed by atoms with van der Waals surface area (Å²) in [4.78, 5) is 4.62. The van der Waals surface area contributed by atoms with Crippen molar-refractivity contribution in [2.24, 2.45) is 5.41 Å². The zero-order chi connectivity index (χ0) is 14.9. The molecule has 112 valence electrons. The van der Waals surface area contributed by atoms with Gasteiger partial charge in [-0.15, -0.1) is 0 Å². The molecule has 1 heterocycles. The highest BCUT2D eigenvalue weighted by Gasteiger charge is 2.26. The normalized spacial score (nSPS) is 15.4. The van der Waals surface area contributed by atoms with Crippen LogP contribution >= 0.6 is 0 Å². The molecule has 21 heavy (non-hydrogen) atoms. The first kappa shape index (κ1) is 14.3. The van der Waals surface area contributed by atoms with Gasteiger partial charge in [0.05, 0.1) is 6.61 Å². The van der Waals surface area contributed by atoms with Gasteiger partial charge in [-0.1, -0.05) is 32.0 Å². The van der Waals surface area contributed by atoms with Crippen LogP contribution in [0.3, 0.4) is 0 Å². The number of nitrogens with one attached hydrogen (secondary N) is 1. The molecule has 1 aromatic heterocycles. The molecule has 3 nitrogen and oxygen atoms in total. The summed E-state index contributed by atoms with van der Waals surface area (Å²) >= 11 is 0. The molecule has 1 saturated carbocycles. The molecule has 0 bridgehead atoms. The molecule has 0 amide bonds. The van der Waals surface area contributed by atoms with Gasteiger partial charge in [0.1, 0.15) is 11.3 Å². The molecule has 1 fully saturated rings. The number of fused-ring (bicyclic) bond motifs is 1. The lowest BCUT2D eigenvalue weighted by Crippen LogP contribution is -2.35. The maximum Gasteiger partial charge on any atom is 0.145 e. The molecule has 0 spiro atoms. The Morgan fingerprint density at radius 2 is 2.05 bits per heavy atom. The summed E-state index contributed by atoms with van der Waals surface area (Å²) in [6, 6.07) is 11.0. The predicted octanol–water partition coefficient (Wildman–Crippen LogP) is 3.70. The summed E-state index contributed by atoms with van der Waals surface area (Å²) in [6.07, 6.45) is 2.65. The quantitative estimate of drug-likeness (QED) is 0.878. The Morgan fingerprint density at radius 1 is 1.24 bits per heavy atom. The number of hydrogen-bond donors (Lipinski definition) is 1. The highest BCUT2D eigenvalue weighted by Crippen LogP contribution is 2.27. The Labute approximate surface area is 126 Å². The first-order valence-electron chi connectivity index (χ1n) is 7.76. The first-order chi connectivity index (χ1) is 10.0. The van der Waals surface area contributed by atoms with Gasteiger partial charge in [-0.25, -0.2) is 4.98 Å². The molecule has 0 atom stereocenters. The monoisotopic (exact) mass is 284 g/mol. The van der Waals surface area contributed by atoms with Gasteiger partial charge in [0.15, 0.2) is 0 Å². The van der Waals surface area contributed by atoms with Crippen LogP contribution in [-0.4, -0.2) is 24.2 Å². The summed E-state index contributed by atoms with van der Waals surface area (Å²) in [5.41, 5.74) is 2.10. The molecule has 1 aliphatic rings. The van der Waals surface area contributed by atoms with Gasteiger partial charge in [-0.05, 0) is 31.9 Å². The molecule has 1 aliphatic carbocycles. The second-order valence-electron chi connectivity index (χ2n) is 6.89. The fraction of sp³-hybridized carbons (Fsp3) is 0.500. The van der Waals surface area contributed by atoms with Gasteiger partial charge >= 0.3 is 0 Å². The average Bonchev–Trinajstić information content (AvgIpc) is 3.27. The molecule has 0 saturated heterocycles. The van der Waals surface area contributed by atoms with Gasteiger partial charge in [-0.2, -0.15) is 0 Å². The van der Waals surface area contributed by atoms with E-state index in [9.17, 15) is 0 Å². The molecule has 0 radical (unpaired) electrons. The summed E-state index contributed by atoms with van der Waals surface area (Å²) in [5.74, 6) is 0.885. The lowest BCUT2D eigenvalue weighted by molar-refractivity contribution is 0.177. The number of para-hydroxylation sites is 1. The van der Waals surface area contributed by atoms with Crippen molar-refractivity contribution in [1.29, 1.82) is 0 Å². The van der Waals surface area contributed by atoms with Crippen molar-refractivity contribution in [2.75, 3.05) is 13.2 Å². The Bertz CT molecular complexity index is 632. The van der Waals surface area contributed by atoms with E-state index >= 15 is 0 Å². The first-order valence-corrected chi connectivity index (χ1v) is 7.76. The number of pyridine rings is 1. The van der Waals surface area contributed by atoms with E-state index in [1.165, 1.54) is 12.8 Å². The highest BCUT2D eigenvalue weighted by molar-refractivity contribution is 5.84. The third kappa shape index (κ3) is 3.73. The van der Waals surface area contributed by atoms with Crippen LogP contribution in [-0.2, 0) is 0 Å². The van der Waals surface area contributed by atoms with E-state index in [-0.39, 0.29) is 5.41 Å². The fourth-order valence-corrected chi connectivity index (χ4v) is 2.37. The second-order valence-corrected chi connectivity index (χ2v) is 6.89. The number of ether oxygens (including phenoxy) is 1. The van der Waals surface area contributed by atoms with Crippen LogP contribution in [0.15, 0.2) is 30.3 Å². The molecule has 1 aromatic carbocycles. The largest absolute Gasteiger partial charge is 0.491 e. The molecule has 2 aromatic rings. The number of benzene rings is 1. The van der Waals surface area contributed by atoms with Crippen LogP contribution < -0.4 is 10.1 Å². The van der Waals surface area contributed by atoms with E-state index < -0.39 is 0 Å². The third-order valence-electron chi connectivity index (χ3n) is 3.89. The summed E-state index contributed by atoms with van der Waals surface area (Å²) in [7, 11) is 0. The van der Waals surface area contributed by atoms with E-state index in [0.29, 0.717) is 6.61 Å². The Hall–Kier alpha value is -1.61. The molecule has 3 rings (SSSR count). The van der Waals surface area contributed by atoms with E-state index in [1.807, 2.05) is 25.1 Å². The van der Waals surface area contributed by atoms with Crippen molar-refractivity contribution >= 4 is 10.9 Å². The van der Waals surface area contributed by atoms with Crippen LogP contribution in [0.1, 0.15) is 32.4 Å². The molecule has 1 N–H and O–H groups in total. The maximum absolute atomic E-state index is 6.09. The van der Waals surface area contributed by atoms with Gasteiger partial charge < -0.3 is 10.1 Å². The molecule has 3 heteroatoms. The van der Waals surface area contributed by atoms with Crippen molar-refractivity contribution in [3.05, 3.63) is 36.0 Å². The zero-order valence-corrected chi connectivity index (χ0v) is 13.1. The number of aromatic nitrogens is 1. The van der Waals surface area contributed by atoms with Crippen molar-refractivity contribution in [3.63, 3.8) is 0 Å². The molecule has 0 aliphatic heterocycles. The Balaban J connectivity index is 1.70. The van der Waals surface area contributed by atoms with Crippen LogP contribution in [0.4, 0.5) is 0 Å². The molecular formula is C18H24N2O. The highest BCUT2D eigenvalue weighted by atomic mass is 16.5. The summed E-state index contributed by atoms with van der Waals surface area (Å²) in [6.45, 7) is 8.19. The lowest BCUT2D eigenvalue weighted by atomic mass is 9.95. The van der Waals surface area contributed by atoms with Gasteiger partial charge in [0, 0.05) is 29.1 Å². The minimum atomic E-state index is 0.120. The summed E-state index contributed by atoms with van der Waals surface area (Å²) < 4.78 is 6.09. The van der Waals surface area contributed by atoms with Crippen LogP contribution in [0.2, 0.25) is 0 Å². The van der Waals surface area contributed by atoms with E-state index in [1.54, 1.807) is 0 Å². The molecule has 0 unspecified atom stereocenters.